The molecule has 2 aromatic carbocycles. The summed E-state index contributed by atoms with van der Waals surface area (Å²) in [5, 5.41) is 21.4. The number of aliphatic carboxylic acids is 1. The van der Waals surface area contributed by atoms with Gasteiger partial charge in [-0.15, -0.1) is 11.3 Å². The summed E-state index contributed by atoms with van der Waals surface area (Å²) in [5.41, 5.74) is -1.61. The molecule has 5 heterocycles. The van der Waals surface area contributed by atoms with Crippen molar-refractivity contribution in [3.8, 4) is 23.2 Å². The number of thiophene rings is 1. The number of anilines is 2. The molecule has 62 heavy (non-hydrogen) atoms. The maximum Gasteiger partial charge on any atom is 0.412 e. The molecule has 2 amide bonds. The highest BCUT2D eigenvalue weighted by Crippen LogP contribution is 2.47. The van der Waals surface area contributed by atoms with E-state index in [1.54, 1.807) is 31.7 Å². The fourth-order valence-electron chi connectivity index (χ4n) is 7.66. The first-order chi connectivity index (χ1) is 29.3. The number of fused-ring (bicyclic) bond motifs is 4. The molecule has 2 aromatic heterocycles. The molecule has 334 valence electrons. The highest BCUT2D eigenvalue weighted by atomic mass is 35.5. The van der Waals surface area contributed by atoms with Crippen LogP contribution in [0.3, 0.4) is 0 Å². The van der Waals surface area contributed by atoms with Gasteiger partial charge in [0.2, 0.25) is 0 Å². The Hall–Kier alpha value is -5.09. The molecule has 2 unspecified atom stereocenters. The highest BCUT2D eigenvalue weighted by molar-refractivity contribution is 7.23. The smallest absolute Gasteiger partial charge is 0.412 e. The van der Waals surface area contributed by atoms with Crippen molar-refractivity contribution in [1.82, 2.24) is 19.8 Å². The van der Waals surface area contributed by atoms with Crippen LogP contribution < -0.4 is 15.0 Å². The van der Waals surface area contributed by atoms with Crippen molar-refractivity contribution < 1.29 is 47.2 Å². The van der Waals surface area contributed by atoms with Crippen LogP contribution in [0.2, 0.25) is 5.02 Å². The van der Waals surface area contributed by atoms with Crippen LogP contribution >= 0.6 is 22.9 Å². The standard InChI is InChI=1S/C34H35ClF2N6O5S.C9H17NO3/c1-33(2,3)47-31(44)41-29-20(13-38)23-18(10-11-22(36)27(23)49-29)24-21(35)12-19-26(25(24)37)39-30(46-7)40-28(19)42-14-16-8-9-17(15-42)43(16)32(45)48-34(4,5)6;11-9(12)3-8-13-7-2-6-10-4-1-5-10/h10-12,16-17H,8-9,14-15H2,1-7H3,(H,41,44);1-8H2,(H,11,12). The van der Waals surface area contributed by atoms with Crippen LogP contribution in [0.25, 0.3) is 32.1 Å². The SMILES string of the molecule is COc1nc(N2CC3CCC(C2)N3C(=O)OC(C)(C)C)c2cc(Cl)c(-c3ccc(F)c4sc(NC(=O)OC(C)(C)C)c(C#N)c34)c(F)c2n1.O=C(O)CCOCCCN1CCC1. The van der Waals surface area contributed by atoms with E-state index in [4.69, 9.17) is 35.7 Å². The summed E-state index contributed by atoms with van der Waals surface area (Å²) in [6, 6.07) is 5.67. The Morgan fingerprint density at radius 2 is 1.71 bits per heavy atom. The summed E-state index contributed by atoms with van der Waals surface area (Å²) in [4.78, 5) is 50.8. The maximum absolute atomic E-state index is 16.9. The molecule has 0 radical (unpaired) electrons. The monoisotopic (exact) mass is 899 g/mol. The van der Waals surface area contributed by atoms with Gasteiger partial charge in [0, 0.05) is 42.6 Å². The normalized spacial score (nSPS) is 17.6. The average Bonchev–Trinajstić information content (AvgIpc) is 3.66. The van der Waals surface area contributed by atoms with Gasteiger partial charge in [-0.3, -0.25) is 15.0 Å². The quantitative estimate of drug-likeness (QED) is 0.137. The van der Waals surface area contributed by atoms with Gasteiger partial charge in [-0.25, -0.2) is 18.4 Å². The Bertz CT molecular complexity index is 2360. The largest absolute Gasteiger partial charge is 0.481 e. The van der Waals surface area contributed by atoms with Crippen molar-refractivity contribution in [1.29, 1.82) is 5.26 Å². The molecule has 3 saturated heterocycles. The van der Waals surface area contributed by atoms with Gasteiger partial charge in [-0.1, -0.05) is 17.7 Å². The van der Waals surface area contributed by atoms with E-state index in [0.29, 0.717) is 37.5 Å². The van der Waals surface area contributed by atoms with Crippen molar-refractivity contribution in [2.24, 2.45) is 0 Å². The number of methoxy groups -OCH3 is 1. The number of carboxylic acids is 1. The number of aromatic nitrogens is 2. The molecule has 19 heteroatoms. The Morgan fingerprint density at radius 3 is 2.29 bits per heavy atom. The molecule has 7 rings (SSSR count). The molecule has 2 bridgehead atoms. The van der Waals surface area contributed by atoms with Crippen LogP contribution in [0.15, 0.2) is 18.2 Å². The topological polar surface area (TPSA) is 180 Å². The van der Waals surface area contributed by atoms with Gasteiger partial charge in [0.15, 0.2) is 5.82 Å². The van der Waals surface area contributed by atoms with E-state index in [-0.39, 0.29) is 72.9 Å². The van der Waals surface area contributed by atoms with Crippen LogP contribution in [0.1, 0.15) is 79.2 Å². The number of rotatable bonds is 11. The predicted molar refractivity (Wildman–Crippen MR) is 232 cm³/mol. The fraction of sp³-hybridized carbons (Fsp3) is 0.535. The molecule has 2 N–H and O–H groups in total. The van der Waals surface area contributed by atoms with Gasteiger partial charge in [-0.2, -0.15) is 15.2 Å². The van der Waals surface area contributed by atoms with Gasteiger partial charge in [0.05, 0.1) is 47.5 Å². The summed E-state index contributed by atoms with van der Waals surface area (Å²) in [5.74, 6) is -1.90. The number of carbonyl (C=O) groups is 3. The third-order valence-corrected chi connectivity index (χ3v) is 11.8. The first-order valence-electron chi connectivity index (χ1n) is 20.5. The molecule has 0 spiro atoms. The minimum Gasteiger partial charge on any atom is -0.481 e. The molecule has 4 aromatic rings. The predicted octanol–water partition coefficient (Wildman–Crippen LogP) is 8.83. The zero-order chi connectivity index (χ0) is 45.1. The Kier molecular flexibility index (Phi) is 14.3. The van der Waals surface area contributed by atoms with E-state index in [1.807, 2.05) is 31.7 Å². The number of ether oxygens (including phenoxy) is 4. The van der Waals surface area contributed by atoms with Crippen molar-refractivity contribution >= 4 is 72.9 Å². The van der Waals surface area contributed by atoms with Crippen molar-refractivity contribution in [2.75, 3.05) is 63.3 Å². The number of halogens is 3. The number of amides is 2. The lowest BCUT2D eigenvalue weighted by Crippen LogP contribution is -2.57. The van der Waals surface area contributed by atoms with Crippen molar-refractivity contribution in [3.63, 3.8) is 0 Å². The first kappa shape index (κ1) is 46.4. The van der Waals surface area contributed by atoms with Gasteiger partial charge in [-0.05, 0) is 98.0 Å². The average molecular weight is 900 g/mol. The molecule has 3 aliphatic heterocycles. The number of hydrogen-bond donors (Lipinski definition) is 2. The summed E-state index contributed by atoms with van der Waals surface area (Å²) in [6.45, 7) is 15.9. The number of nitrogens with zero attached hydrogens (tertiary/aromatic N) is 6. The minimum atomic E-state index is -0.830. The third-order valence-electron chi connectivity index (χ3n) is 10.4. The molecule has 0 saturated carbocycles. The van der Waals surface area contributed by atoms with Crippen LogP contribution in [-0.2, 0) is 19.0 Å². The lowest BCUT2D eigenvalue weighted by Gasteiger charge is -2.42. The van der Waals surface area contributed by atoms with E-state index in [0.717, 1.165) is 43.2 Å². The summed E-state index contributed by atoms with van der Waals surface area (Å²) in [6.07, 6.45) is 2.79. The summed E-state index contributed by atoms with van der Waals surface area (Å²) >= 11 is 7.67. The molecule has 2 atom stereocenters. The Labute approximate surface area is 367 Å². The minimum absolute atomic E-state index is 0.0231. The van der Waals surface area contributed by atoms with Crippen LogP contribution in [-0.4, -0.2) is 119 Å². The lowest BCUT2D eigenvalue weighted by atomic mass is 9.97. The number of hydrogen-bond acceptors (Lipinski definition) is 13. The Balaban J connectivity index is 0.000000423. The lowest BCUT2D eigenvalue weighted by molar-refractivity contribution is -0.138. The number of nitrogens with one attached hydrogen (secondary N) is 1. The number of carbonyl (C=O) groups excluding carboxylic acids is 2. The zero-order valence-electron chi connectivity index (χ0n) is 35.9. The molecule has 0 aliphatic carbocycles. The summed E-state index contributed by atoms with van der Waals surface area (Å²) in [7, 11) is 1.37. The van der Waals surface area contributed by atoms with Gasteiger partial charge < -0.3 is 33.9 Å². The van der Waals surface area contributed by atoms with Crippen LogP contribution in [0.5, 0.6) is 6.01 Å². The van der Waals surface area contributed by atoms with Gasteiger partial charge in [0.25, 0.3) is 0 Å². The second kappa shape index (κ2) is 19.1. The van der Waals surface area contributed by atoms with E-state index in [2.05, 4.69) is 20.2 Å². The molecular weight excluding hydrogens is 848 g/mol. The molecule has 3 aliphatic rings. The Morgan fingerprint density at radius 1 is 1.03 bits per heavy atom. The van der Waals surface area contributed by atoms with E-state index >= 15 is 8.78 Å². The maximum atomic E-state index is 16.9. The van der Waals surface area contributed by atoms with E-state index in [9.17, 15) is 19.6 Å². The number of benzene rings is 2. The van der Waals surface area contributed by atoms with E-state index < -0.39 is 34.9 Å². The number of likely N-dealkylation sites (tertiary alicyclic amines) is 1. The van der Waals surface area contributed by atoms with Crippen LogP contribution in [0.4, 0.5) is 29.2 Å². The molecular formula is C43H52ClF2N7O8S. The van der Waals surface area contributed by atoms with Crippen molar-refractivity contribution in [2.45, 2.75) is 96.9 Å². The number of carboxylic acid groups (broad SMARTS) is 1. The third kappa shape index (κ3) is 10.7. The number of nitriles is 1. The summed E-state index contributed by atoms with van der Waals surface area (Å²) < 4.78 is 53.6. The van der Waals surface area contributed by atoms with Gasteiger partial charge >= 0.3 is 24.2 Å². The van der Waals surface area contributed by atoms with Gasteiger partial charge in [0.1, 0.15) is 39.4 Å². The van der Waals surface area contributed by atoms with Crippen molar-refractivity contribution in [3.05, 3.63) is 40.4 Å². The second-order valence-electron chi connectivity index (χ2n) is 17.3. The molecule has 3 fully saturated rings. The molecule has 15 nitrogen and oxygen atoms in total. The second-order valence-corrected chi connectivity index (χ2v) is 18.7. The number of piperazine rings is 1. The first-order valence-corrected chi connectivity index (χ1v) is 21.6. The van der Waals surface area contributed by atoms with Crippen LogP contribution in [0, 0.1) is 23.0 Å². The fourth-order valence-corrected chi connectivity index (χ4v) is 9.02. The zero-order valence-corrected chi connectivity index (χ0v) is 37.5. The highest BCUT2D eigenvalue weighted by Gasteiger charge is 2.45. The van der Waals surface area contributed by atoms with E-state index in [1.165, 1.54) is 32.7 Å².